The van der Waals surface area contributed by atoms with E-state index >= 15 is 0 Å². The molecular weight excluding hydrogens is 208 g/mol. The van der Waals surface area contributed by atoms with Crippen LogP contribution in [0.15, 0.2) is 0 Å². The van der Waals surface area contributed by atoms with Gasteiger partial charge in [-0.3, -0.25) is 0 Å². The summed E-state index contributed by atoms with van der Waals surface area (Å²) in [5.41, 5.74) is 0. The molecule has 0 aliphatic heterocycles. The van der Waals surface area contributed by atoms with Crippen LogP contribution in [0.3, 0.4) is 0 Å². The minimum Gasteiger partial charge on any atom is -0.375 e. The Morgan fingerprint density at radius 2 is 2.14 bits per heavy atom. The van der Waals surface area contributed by atoms with Crippen molar-refractivity contribution in [3.63, 3.8) is 0 Å². The molecule has 1 atom stereocenters. The van der Waals surface area contributed by atoms with E-state index in [0.717, 1.165) is 5.75 Å². The molecule has 0 aromatic rings. The van der Waals surface area contributed by atoms with Crippen LogP contribution in [0.25, 0.3) is 0 Å². The van der Waals surface area contributed by atoms with Crippen LogP contribution < -0.4 is 5.32 Å². The summed E-state index contributed by atoms with van der Waals surface area (Å²) in [6.45, 7) is 1.57. The highest BCUT2D eigenvalue weighted by molar-refractivity contribution is 7.98. The average molecular weight is 227 g/mol. The molecule has 0 heterocycles. The van der Waals surface area contributed by atoms with E-state index in [-0.39, 0.29) is 6.54 Å². The molecule has 5 heteroatoms. The van der Waals surface area contributed by atoms with Gasteiger partial charge in [-0.25, -0.2) is 8.78 Å². The highest BCUT2D eigenvalue weighted by Crippen LogP contribution is 2.13. The zero-order chi connectivity index (χ0) is 11.0. The Bertz CT molecular complexity index is 147. The van der Waals surface area contributed by atoms with Gasteiger partial charge < -0.3 is 10.1 Å². The summed E-state index contributed by atoms with van der Waals surface area (Å²) in [6, 6.07) is 0. The Morgan fingerprint density at radius 3 is 2.64 bits per heavy atom. The summed E-state index contributed by atoms with van der Waals surface area (Å²) < 4.78 is 30.7. The summed E-state index contributed by atoms with van der Waals surface area (Å²) in [5.74, 6) is -1.48. The quantitative estimate of drug-likeness (QED) is 0.684. The van der Waals surface area contributed by atoms with E-state index in [0.29, 0.717) is 12.5 Å². The lowest BCUT2D eigenvalue weighted by atomic mass is 10.2. The number of nitrogens with one attached hydrogen (secondary N) is 1. The molecule has 0 aromatic heterocycles. The molecule has 0 amide bonds. The monoisotopic (exact) mass is 227 g/mol. The molecule has 0 aliphatic carbocycles. The fourth-order valence-corrected chi connectivity index (χ4v) is 1.72. The maximum atomic E-state index is 12.9. The van der Waals surface area contributed by atoms with Gasteiger partial charge in [0.1, 0.15) is 6.61 Å². The van der Waals surface area contributed by atoms with Gasteiger partial charge in [0.05, 0.1) is 13.2 Å². The molecule has 0 aliphatic rings. The molecule has 0 saturated carbocycles. The second-order valence-electron chi connectivity index (χ2n) is 3.46. The Labute approximate surface area is 88.8 Å². The molecule has 0 spiro atoms. The third kappa shape index (κ3) is 7.53. The number of alkyl halides is 2. The largest absolute Gasteiger partial charge is 0.375 e. The van der Waals surface area contributed by atoms with Gasteiger partial charge in [-0.1, -0.05) is 6.92 Å². The second-order valence-corrected chi connectivity index (χ2v) is 4.37. The first-order valence-corrected chi connectivity index (χ1v) is 6.00. The van der Waals surface area contributed by atoms with Gasteiger partial charge in [-0.2, -0.15) is 11.8 Å². The molecule has 0 fully saturated rings. The molecule has 86 valence electrons. The number of ether oxygens (including phenoxy) is 1. The molecule has 1 unspecified atom stereocenters. The lowest BCUT2D eigenvalue weighted by Crippen LogP contribution is -2.35. The van der Waals surface area contributed by atoms with Crippen molar-refractivity contribution in [2.75, 3.05) is 38.8 Å². The highest BCUT2D eigenvalue weighted by atomic mass is 32.2. The maximum absolute atomic E-state index is 12.9. The minimum absolute atomic E-state index is 0.329. The van der Waals surface area contributed by atoms with Gasteiger partial charge in [0.2, 0.25) is 0 Å². The van der Waals surface area contributed by atoms with Crippen molar-refractivity contribution in [3.05, 3.63) is 0 Å². The third-order valence-corrected chi connectivity index (χ3v) is 2.50. The topological polar surface area (TPSA) is 21.3 Å². The van der Waals surface area contributed by atoms with Crippen LogP contribution in [0.4, 0.5) is 8.78 Å². The van der Waals surface area contributed by atoms with E-state index in [9.17, 15) is 8.78 Å². The third-order valence-electron chi connectivity index (χ3n) is 1.60. The second kappa shape index (κ2) is 7.43. The fraction of sp³-hybridized carbons (Fsp3) is 1.00. The highest BCUT2D eigenvalue weighted by Gasteiger charge is 2.28. The van der Waals surface area contributed by atoms with E-state index in [1.807, 2.05) is 13.2 Å². The first-order valence-electron chi connectivity index (χ1n) is 4.61. The lowest BCUT2D eigenvalue weighted by molar-refractivity contribution is -0.0778. The maximum Gasteiger partial charge on any atom is 0.283 e. The average Bonchev–Trinajstić information content (AvgIpc) is 2.03. The normalized spacial score (nSPS) is 14.4. The molecule has 0 radical (unpaired) electrons. The first kappa shape index (κ1) is 14.1. The summed E-state index contributed by atoms with van der Waals surface area (Å²) in [7, 11) is 1.50. The summed E-state index contributed by atoms with van der Waals surface area (Å²) >= 11 is 1.70. The summed E-state index contributed by atoms with van der Waals surface area (Å²) in [5, 5.41) is 2.44. The smallest absolute Gasteiger partial charge is 0.283 e. The van der Waals surface area contributed by atoms with Crippen molar-refractivity contribution in [2.24, 2.45) is 5.92 Å². The van der Waals surface area contributed by atoms with Crippen LogP contribution in [0.5, 0.6) is 0 Å². The summed E-state index contributed by atoms with van der Waals surface area (Å²) in [6.07, 6.45) is 1.99. The van der Waals surface area contributed by atoms with E-state index < -0.39 is 12.5 Å². The Balaban J connectivity index is 3.51. The molecule has 0 bridgehead atoms. The number of hydrogen-bond acceptors (Lipinski definition) is 3. The lowest BCUT2D eigenvalue weighted by Gasteiger charge is -2.17. The number of thioether (sulfide) groups is 1. The van der Waals surface area contributed by atoms with Crippen molar-refractivity contribution >= 4 is 11.8 Å². The van der Waals surface area contributed by atoms with E-state index in [4.69, 9.17) is 4.74 Å². The van der Waals surface area contributed by atoms with Gasteiger partial charge in [-0.05, 0) is 25.0 Å². The number of rotatable bonds is 8. The van der Waals surface area contributed by atoms with Gasteiger partial charge in [-0.15, -0.1) is 0 Å². The number of hydrogen-bond donors (Lipinski definition) is 1. The Morgan fingerprint density at radius 1 is 1.50 bits per heavy atom. The first-order chi connectivity index (χ1) is 6.52. The SMILES string of the molecule is CNCC(F)(F)COCC(C)CSC. The van der Waals surface area contributed by atoms with E-state index in [2.05, 4.69) is 5.32 Å². The predicted molar refractivity (Wildman–Crippen MR) is 57.2 cm³/mol. The van der Waals surface area contributed by atoms with Crippen LogP contribution in [-0.4, -0.2) is 44.7 Å². The Kier molecular flexibility index (Phi) is 7.49. The minimum atomic E-state index is -2.76. The van der Waals surface area contributed by atoms with Gasteiger partial charge >= 0.3 is 0 Å². The molecule has 0 aromatic carbocycles. The van der Waals surface area contributed by atoms with Gasteiger partial charge in [0.25, 0.3) is 5.92 Å². The molecular formula is C9H19F2NOS. The standard InChI is InChI=1S/C9H19F2NOS/c1-8(5-14-3)4-13-7-9(10,11)6-12-2/h8,12H,4-7H2,1-3H3. The van der Waals surface area contributed by atoms with E-state index in [1.165, 1.54) is 7.05 Å². The van der Waals surface area contributed by atoms with Crippen molar-refractivity contribution in [1.29, 1.82) is 0 Å². The van der Waals surface area contributed by atoms with Crippen molar-refractivity contribution in [3.8, 4) is 0 Å². The predicted octanol–water partition coefficient (Wildman–Crippen LogP) is 1.86. The molecule has 0 saturated heterocycles. The fourth-order valence-electron chi connectivity index (χ4n) is 1.05. The number of halogens is 2. The molecule has 2 nitrogen and oxygen atoms in total. The van der Waals surface area contributed by atoms with Crippen LogP contribution in [0, 0.1) is 5.92 Å². The van der Waals surface area contributed by atoms with Crippen molar-refractivity contribution in [1.82, 2.24) is 5.32 Å². The molecule has 1 N–H and O–H groups in total. The summed E-state index contributed by atoms with van der Waals surface area (Å²) in [4.78, 5) is 0. The van der Waals surface area contributed by atoms with E-state index in [1.54, 1.807) is 11.8 Å². The molecule has 14 heavy (non-hydrogen) atoms. The van der Waals surface area contributed by atoms with Crippen LogP contribution >= 0.6 is 11.8 Å². The van der Waals surface area contributed by atoms with Crippen LogP contribution in [0.1, 0.15) is 6.92 Å². The van der Waals surface area contributed by atoms with Crippen LogP contribution in [-0.2, 0) is 4.74 Å². The van der Waals surface area contributed by atoms with Crippen molar-refractivity contribution in [2.45, 2.75) is 12.8 Å². The van der Waals surface area contributed by atoms with Crippen molar-refractivity contribution < 1.29 is 13.5 Å². The zero-order valence-electron chi connectivity index (χ0n) is 8.98. The Hall–Kier alpha value is 0.130. The van der Waals surface area contributed by atoms with Crippen LogP contribution in [0.2, 0.25) is 0 Å². The molecule has 0 rings (SSSR count). The van der Waals surface area contributed by atoms with Gasteiger partial charge in [0.15, 0.2) is 0 Å². The zero-order valence-corrected chi connectivity index (χ0v) is 9.79. The van der Waals surface area contributed by atoms with Gasteiger partial charge in [0, 0.05) is 0 Å².